The molecule has 0 amide bonds. The summed E-state index contributed by atoms with van der Waals surface area (Å²) in [5, 5.41) is 20.5. The molecule has 0 saturated carbocycles. The van der Waals surface area contributed by atoms with Gasteiger partial charge in [0.15, 0.2) is 0 Å². The normalized spacial score (nSPS) is 10.9. The van der Waals surface area contributed by atoms with Crippen LogP contribution in [0.5, 0.6) is 0 Å². The molecule has 0 bridgehead atoms. The molecule has 2 heterocycles. The molecule has 70 heavy (non-hydrogen) atoms. The standard InChI is InChI=1S/C31H29NS.C18H23BO2.C13H8BrNS/c1(4-12-24-13-6-3-7-14-24)2-5-15-25-16-10-17-26(22-25)27-18-11-19-28(23-27)31-32-29-20-8-9-21-30(29)33-31;20-19(21)18-14-8-13-17(15-18)12-5-2-1-4-9-16-10-6-3-7-11-16;14-10-5-3-4-9(8-10)13-15-11-6-1-2-7-12(11)16-13/h3,6-11,13-14,16-23H,1-2,4-5,12,15H2;3,6-8,10-11,13-15,20-21H,1-2,4-5,9,12H2;1-8H. The number of aromatic nitrogens is 2. The zero-order valence-corrected chi connectivity index (χ0v) is 42.9. The van der Waals surface area contributed by atoms with Crippen LogP contribution in [0.1, 0.15) is 73.6 Å². The monoisotopic (exact) mass is 1020 g/mol. The molecule has 8 heteroatoms. The zero-order valence-electron chi connectivity index (χ0n) is 39.7. The number of unbranched alkanes of at least 4 members (excludes halogenated alkanes) is 6. The molecular weight excluding hydrogens is 960 g/mol. The van der Waals surface area contributed by atoms with E-state index in [1.165, 1.54) is 99.7 Å². The van der Waals surface area contributed by atoms with E-state index in [0.29, 0.717) is 5.46 Å². The van der Waals surface area contributed by atoms with Crippen molar-refractivity contribution in [2.24, 2.45) is 0 Å². The van der Waals surface area contributed by atoms with Crippen molar-refractivity contribution in [3.05, 3.63) is 233 Å². The van der Waals surface area contributed by atoms with Crippen molar-refractivity contribution >= 4 is 71.6 Å². The highest BCUT2D eigenvalue weighted by Crippen LogP contribution is 2.33. The lowest BCUT2D eigenvalue weighted by Crippen LogP contribution is -2.29. The Bertz CT molecular complexity index is 3070. The third-order valence-corrected chi connectivity index (χ3v) is 15.0. The van der Waals surface area contributed by atoms with Gasteiger partial charge in [-0.2, -0.15) is 0 Å². The number of hydrogen-bond acceptors (Lipinski definition) is 6. The van der Waals surface area contributed by atoms with Gasteiger partial charge in [-0.3, -0.25) is 0 Å². The van der Waals surface area contributed by atoms with E-state index in [-0.39, 0.29) is 0 Å². The molecule has 8 aromatic carbocycles. The summed E-state index contributed by atoms with van der Waals surface area (Å²) in [6, 6.07) is 71.7. The zero-order chi connectivity index (χ0) is 48.2. The second kappa shape index (κ2) is 26.8. The average Bonchev–Trinajstić information content (AvgIpc) is 4.05. The minimum atomic E-state index is -1.36. The number of rotatable bonds is 18. The van der Waals surface area contributed by atoms with E-state index in [1.807, 2.05) is 42.5 Å². The van der Waals surface area contributed by atoms with Gasteiger partial charge in [0, 0.05) is 15.6 Å². The van der Waals surface area contributed by atoms with Crippen LogP contribution < -0.4 is 5.46 Å². The van der Waals surface area contributed by atoms with Crippen LogP contribution in [-0.2, 0) is 25.7 Å². The number of para-hydroxylation sites is 2. The highest BCUT2D eigenvalue weighted by atomic mass is 79.9. The van der Waals surface area contributed by atoms with Gasteiger partial charge in [0.05, 0.1) is 20.4 Å². The van der Waals surface area contributed by atoms with Crippen LogP contribution in [-0.4, -0.2) is 27.1 Å². The van der Waals surface area contributed by atoms with Gasteiger partial charge in [-0.25, -0.2) is 9.97 Å². The van der Waals surface area contributed by atoms with Gasteiger partial charge in [-0.05, 0) is 133 Å². The van der Waals surface area contributed by atoms with Gasteiger partial charge in [0.1, 0.15) is 10.0 Å². The fourth-order valence-corrected chi connectivity index (χ4v) is 10.9. The molecule has 0 saturated heterocycles. The average molecular weight is 1020 g/mol. The van der Waals surface area contributed by atoms with Crippen LogP contribution >= 0.6 is 38.6 Å². The quantitative estimate of drug-likeness (QED) is 0.0664. The second-order valence-electron chi connectivity index (χ2n) is 17.7. The number of fused-ring (bicyclic) bond motifs is 2. The molecule has 0 radical (unpaired) electrons. The lowest BCUT2D eigenvalue weighted by atomic mass is 9.79. The molecule has 2 N–H and O–H groups in total. The molecule has 0 atom stereocenters. The van der Waals surface area contributed by atoms with E-state index < -0.39 is 7.12 Å². The van der Waals surface area contributed by atoms with Gasteiger partial charge in [0.2, 0.25) is 0 Å². The molecule has 0 fully saturated rings. The third-order valence-electron chi connectivity index (χ3n) is 12.3. The number of benzene rings is 8. The molecule has 0 unspecified atom stereocenters. The van der Waals surface area contributed by atoms with Crippen molar-refractivity contribution in [1.82, 2.24) is 9.97 Å². The molecular formula is C62H60BBrN2O2S2. The Morgan fingerprint density at radius 3 is 1.27 bits per heavy atom. The maximum atomic E-state index is 9.15. The predicted octanol–water partition coefficient (Wildman–Crippen LogP) is 16.4. The highest BCUT2D eigenvalue weighted by molar-refractivity contribution is 9.10. The number of thiazole rings is 2. The molecule has 2 aromatic heterocycles. The SMILES string of the molecule is Brc1cccc(-c2nc3ccccc3s2)c1.OB(O)c1cccc(CCCCCCc2ccccc2)c1.c1ccc(CCCCCCc2cccc(-c3cccc(-c4nc5ccccc5s4)c3)c2)cc1. The first-order chi connectivity index (χ1) is 34.4. The molecule has 10 rings (SSSR count). The summed E-state index contributed by atoms with van der Waals surface area (Å²) in [6.45, 7) is 0. The summed E-state index contributed by atoms with van der Waals surface area (Å²) in [6.07, 6.45) is 14.5. The summed E-state index contributed by atoms with van der Waals surface area (Å²) < 4.78 is 3.56. The van der Waals surface area contributed by atoms with Crippen molar-refractivity contribution in [3.63, 3.8) is 0 Å². The first-order valence-electron chi connectivity index (χ1n) is 24.6. The van der Waals surface area contributed by atoms with Crippen molar-refractivity contribution in [3.8, 4) is 32.3 Å². The smallest absolute Gasteiger partial charge is 0.423 e. The van der Waals surface area contributed by atoms with Gasteiger partial charge in [0.25, 0.3) is 0 Å². The fourth-order valence-electron chi connectivity index (χ4n) is 8.57. The molecule has 0 spiro atoms. The maximum Gasteiger partial charge on any atom is 0.488 e. The number of halogens is 1. The Morgan fingerprint density at radius 1 is 0.357 bits per heavy atom. The van der Waals surface area contributed by atoms with Crippen LogP contribution in [0, 0.1) is 0 Å². The molecule has 0 aliphatic rings. The maximum absolute atomic E-state index is 9.15. The molecule has 10 aromatic rings. The lowest BCUT2D eigenvalue weighted by molar-refractivity contribution is 0.425. The first kappa shape index (κ1) is 50.4. The first-order valence-corrected chi connectivity index (χ1v) is 27.1. The highest BCUT2D eigenvalue weighted by Gasteiger charge is 2.11. The van der Waals surface area contributed by atoms with E-state index in [2.05, 4.69) is 179 Å². The summed E-state index contributed by atoms with van der Waals surface area (Å²) in [5.74, 6) is 0. The van der Waals surface area contributed by atoms with Crippen LogP contribution in [0.15, 0.2) is 211 Å². The van der Waals surface area contributed by atoms with Gasteiger partial charge in [-0.1, -0.05) is 205 Å². The van der Waals surface area contributed by atoms with Gasteiger partial charge >= 0.3 is 7.12 Å². The summed E-state index contributed by atoms with van der Waals surface area (Å²) >= 11 is 6.97. The Kier molecular flexibility index (Phi) is 19.3. The minimum absolute atomic E-state index is 0.580. The van der Waals surface area contributed by atoms with Crippen molar-refractivity contribution in [2.45, 2.75) is 77.0 Å². The Morgan fingerprint density at radius 2 is 0.757 bits per heavy atom. The molecule has 0 aliphatic heterocycles. The van der Waals surface area contributed by atoms with Crippen LogP contribution in [0.25, 0.3) is 52.7 Å². The minimum Gasteiger partial charge on any atom is -0.423 e. The largest absolute Gasteiger partial charge is 0.488 e. The van der Waals surface area contributed by atoms with Gasteiger partial charge < -0.3 is 10.0 Å². The Balaban J connectivity index is 0.000000152. The number of nitrogens with zero attached hydrogens (tertiary/aromatic N) is 2. The van der Waals surface area contributed by atoms with Crippen LogP contribution in [0.4, 0.5) is 0 Å². The molecule has 352 valence electrons. The van der Waals surface area contributed by atoms with E-state index in [1.54, 1.807) is 28.7 Å². The third kappa shape index (κ3) is 15.5. The van der Waals surface area contributed by atoms with Crippen molar-refractivity contribution in [2.75, 3.05) is 0 Å². The summed E-state index contributed by atoms with van der Waals surface area (Å²) in [7, 11) is -1.36. The van der Waals surface area contributed by atoms with E-state index in [0.717, 1.165) is 56.8 Å². The fraction of sp³-hybridized carbons (Fsp3) is 0.194. The second-order valence-corrected chi connectivity index (χ2v) is 20.7. The van der Waals surface area contributed by atoms with Gasteiger partial charge in [-0.15, -0.1) is 22.7 Å². The van der Waals surface area contributed by atoms with Crippen LogP contribution in [0.2, 0.25) is 0 Å². The Labute approximate surface area is 431 Å². The topological polar surface area (TPSA) is 66.2 Å². The van der Waals surface area contributed by atoms with Crippen molar-refractivity contribution in [1.29, 1.82) is 0 Å². The van der Waals surface area contributed by atoms with E-state index in [4.69, 9.17) is 15.0 Å². The lowest BCUT2D eigenvalue weighted by Gasteiger charge is -2.07. The summed E-state index contributed by atoms with van der Waals surface area (Å²) in [5.41, 5.74) is 13.1. The predicted molar refractivity (Wildman–Crippen MR) is 304 cm³/mol. The van der Waals surface area contributed by atoms with Crippen LogP contribution in [0.3, 0.4) is 0 Å². The van der Waals surface area contributed by atoms with Crippen molar-refractivity contribution < 1.29 is 10.0 Å². The van der Waals surface area contributed by atoms with E-state index >= 15 is 0 Å². The number of aryl methyl sites for hydroxylation is 4. The Hall–Kier alpha value is -6.00. The molecule has 0 aliphatic carbocycles. The van der Waals surface area contributed by atoms with E-state index in [9.17, 15) is 0 Å². The molecule has 4 nitrogen and oxygen atoms in total. The summed E-state index contributed by atoms with van der Waals surface area (Å²) in [4.78, 5) is 9.46. The number of hydrogen-bond donors (Lipinski definition) is 2.